The average Bonchev–Trinajstić information content (AvgIpc) is 2.76. The van der Waals surface area contributed by atoms with Crippen molar-refractivity contribution < 1.29 is 9.90 Å². The highest BCUT2D eigenvalue weighted by Crippen LogP contribution is 2.26. The zero-order valence-corrected chi connectivity index (χ0v) is 11.2. The number of amides is 1. The molecule has 21 heavy (non-hydrogen) atoms. The van der Waals surface area contributed by atoms with Crippen molar-refractivity contribution in [3.05, 3.63) is 36.5 Å². The maximum Gasteiger partial charge on any atom is 0.410 e. The predicted octanol–water partition coefficient (Wildman–Crippen LogP) is 2.31. The van der Waals surface area contributed by atoms with Crippen LogP contribution in [0.4, 0.5) is 16.4 Å². The molecule has 7 nitrogen and oxygen atoms in total. The van der Waals surface area contributed by atoms with Gasteiger partial charge in [0.25, 0.3) is 0 Å². The van der Waals surface area contributed by atoms with Gasteiger partial charge in [0.1, 0.15) is 11.6 Å². The van der Waals surface area contributed by atoms with Crippen molar-refractivity contribution in [3.8, 4) is 11.3 Å². The van der Waals surface area contributed by atoms with Crippen LogP contribution in [0.15, 0.2) is 36.5 Å². The quantitative estimate of drug-likeness (QED) is 0.669. The van der Waals surface area contributed by atoms with E-state index in [1.807, 2.05) is 25.2 Å². The molecule has 1 aromatic carbocycles. The number of benzene rings is 1. The molecule has 0 aliphatic heterocycles. The summed E-state index contributed by atoms with van der Waals surface area (Å²) in [4.78, 5) is 14.7. The first-order chi connectivity index (χ1) is 10.0. The van der Waals surface area contributed by atoms with Crippen molar-refractivity contribution in [2.45, 2.75) is 0 Å². The highest BCUT2D eigenvalue weighted by atomic mass is 16.4. The number of carboxylic acid groups (broad SMARTS) is 1. The second-order valence-electron chi connectivity index (χ2n) is 4.64. The molecule has 0 bridgehead atoms. The van der Waals surface area contributed by atoms with E-state index in [0.29, 0.717) is 11.6 Å². The molecule has 0 unspecified atom stereocenters. The standard InChI is InChI=1S/C14H13N5O2/c1-19-11(6-12(15)18-19)9-3-2-8-5-13(17-14(20)21)16-7-10(8)4-9/h2-7H,1H3,(H2,15,18)(H,16,17)(H,20,21). The summed E-state index contributed by atoms with van der Waals surface area (Å²) in [5.74, 6) is 0.763. The fourth-order valence-corrected chi connectivity index (χ4v) is 2.24. The molecule has 3 rings (SSSR count). The Morgan fingerprint density at radius 3 is 2.76 bits per heavy atom. The summed E-state index contributed by atoms with van der Waals surface area (Å²) in [5, 5.41) is 16.8. The smallest absolute Gasteiger partial charge is 0.410 e. The number of nitrogen functional groups attached to an aromatic ring is 1. The maximum absolute atomic E-state index is 10.6. The number of nitrogens with two attached hydrogens (primary N) is 1. The number of nitrogens with zero attached hydrogens (tertiary/aromatic N) is 3. The van der Waals surface area contributed by atoms with Gasteiger partial charge in [0.15, 0.2) is 0 Å². The number of hydrogen-bond donors (Lipinski definition) is 3. The molecule has 106 valence electrons. The van der Waals surface area contributed by atoms with Crippen molar-refractivity contribution in [1.29, 1.82) is 0 Å². The number of carbonyl (C=O) groups is 1. The second kappa shape index (κ2) is 4.78. The first kappa shape index (κ1) is 12.9. The molecule has 0 saturated carbocycles. The summed E-state index contributed by atoms with van der Waals surface area (Å²) < 4.78 is 1.71. The number of anilines is 2. The van der Waals surface area contributed by atoms with E-state index in [0.717, 1.165) is 22.0 Å². The summed E-state index contributed by atoms with van der Waals surface area (Å²) in [6.45, 7) is 0. The molecule has 2 aromatic heterocycles. The van der Waals surface area contributed by atoms with Crippen molar-refractivity contribution in [3.63, 3.8) is 0 Å². The van der Waals surface area contributed by atoms with E-state index in [-0.39, 0.29) is 0 Å². The lowest BCUT2D eigenvalue weighted by molar-refractivity contribution is 0.209. The third-order valence-electron chi connectivity index (χ3n) is 3.15. The molecule has 0 fully saturated rings. The van der Waals surface area contributed by atoms with Gasteiger partial charge in [0, 0.05) is 30.3 Å². The Morgan fingerprint density at radius 2 is 2.10 bits per heavy atom. The van der Waals surface area contributed by atoms with Crippen LogP contribution in [-0.4, -0.2) is 26.0 Å². The molecule has 1 amide bonds. The fourth-order valence-electron chi connectivity index (χ4n) is 2.24. The van der Waals surface area contributed by atoms with E-state index in [9.17, 15) is 4.79 Å². The third kappa shape index (κ3) is 2.48. The van der Waals surface area contributed by atoms with Crippen LogP contribution >= 0.6 is 0 Å². The second-order valence-corrected chi connectivity index (χ2v) is 4.64. The molecule has 3 aromatic rings. The van der Waals surface area contributed by atoms with Gasteiger partial charge in [-0.25, -0.2) is 9.78 Å². The molecular weight excluding hydrogens is 270 g/mol. The Bertz CT molecular complexity index is 840. The average molecular weight is 283 g/mol. The molecule has 0 spiro atoms. The minimum atomic E-state index is -1.14. The summed E-state index contributed by atoms with van der Waals surface area (Å²) in [6, 6.07) is 9.29. The van der Waals surface area contributed by atoms with Crippen LogP contribution in [0.3, 0.4) is 0 Å². The van der Waals surface area contributed by atoms with Crippen LogP contribution in [-0.2, 0) is 7.05 Å². The zero-order valence-electron chi connectivity index (χ0n) is 11.2. The lowest BCUT2D eigenvalue weighted by Gasteiger charge is -2.06. The van der Waals surface area contributed by atoms with Crippen LogP contribution in [0.2, 0.25) is 0 Å². The van der Waals surface area contributed by atoms with Crippen LogP contribution in [0.1, 0.15) is 0 Å². The van der Waals surface area contributed by atoms with Gasteiger partial charge in [-0.1, -0.05) is 12.1 Å². The van der Waals surface area contributed by atoms with Crippen LogP contribution in [0.25, 0.3) is 22.0 Å². The maximum atomic E-state index is 10.6. The Morgan fingerprint density at radius 1 is 1.29 bits per heavy atom. The van der Waals surface area contributed by atoms with Gasteiger partial charge in [-0.2, -0.15) is 5.10 Å². The van der Waals surface area contributed by atoms with Crippen molar-refractivity contribution in [2.24, 2.45) is 7.05 Å². The van der Waals surface area contributed by atoms with Crippen LogP contribution in [0.5, 0.6) is 0 Å². The van der Waals surface area contributed by atoms with Gasteiger partial charge < -0.3 is 10.8 Å². The van der Waals surface area contributed by atoms with Gasteiger partial charge >= 0.3 is 6.09 Å². The van der Waals surface area contributed by atoms with E-state index in [1.54, 1.807) is 23.0 Å². The van der Waals surface area contributed by atoms with Gasteiger partial charge in [-0.3, -0.25) is 10.00 Å². The van der Waals surface area contributed by atoms with Crippen molar-refractivity contribution in [2.75, 3.05) is 11.1 Å². The molecular formula is C14H13N5O2. The highest BCUT2D eigenvalue weighted by Gasteiger charge is 2.07. The SMILES string of the molecule is Cn1nc(N)cc1-c1ccc2cc(NC(=O)O)ncc2c1. The minimum absolute atomic E-state index is 0.299. The number of rotatable bonds is 2. The Kier molecular flexibility index (Phi) is 2.94. The number of aromatic nitrogens is 3. The van der Waals surface area contributed by atoms with Gasteiger partial charge in [0.05, 0.1) is 5.69 Å². The van der Waals surface area contributed by atoms with Gasteiger partial charge in [-0.15, -0.1) is 0 Å². The van der Waals surface area contributed by atoms with Crippen molar-refractivity contribution >= 4 is 28.5 Å². The largest absolute Gasteiger partial charge is 0.465 e. The molecule has 4 N–H and O–H groups in total. The molecule has 0 aliphatic rings. The molecule has 0 saturated heterocycles. The lowest BCUT2D eigenvalue weighted by atomic mass is 10.1. The molecule has 2 heterocycles. The first-order valence-corrected chi connectivity index (χ1v) is 6.22. The number of nitrogens with one attached hydrogen (secondary N) is 1. The molecule has 0 atom stereocenters. The van der Waals surface area contributed by atoms with E-state index in [1.165, 1.54) is 0 Å². The summed E-state index contributed by atoms with van der Waals surface area (Å²) in [7, 11) is 1.83. The van der Waals surface area contributed by atoms with Crippen LogP contribution in [0, 0.1) is 0 Å². The Labute approximate surface area is 120 Å². The number of aryl methyl sites for hydroxylation is 1. The zero-order chi connectivity index (χ0) is 15.0. The van der Waals surface area contributed by atoms with E-state index < -0.39 is 6.09 Å². The highest BCUT2D eigenvalue weighted by molar-refractivity contribution is 5.90. The first-order valence-electron chi connectivity index (χ1n) is 6.22. The number of fused-ring (bicyclic) bond motifs is 1. The minimum Gasteiger partial charge on any atom is -0.465 e. The molecule has 0 radical (unpaired) electrons. The summed E-state index contributed by atoms with van der Waals surface area (Å²) in [6.07, 6.45) is 0.493. The van der Waals surface area contributed by atoms with Gasteiger partial charge in [0.2, 0.25) is 0 Å². The summed E-state index contributed by atoms with van der Waals surface area (Å²) >= 11 is 0. The Hall–Kier alpha value is -3.09. The Balaban J connectivity index is 2.05. The van der Waals surface area contributed by atoms with E-state index in [2.05, 4.69) is 15.4 Å². The normalized spacial score (nSPS) is 10.7. The van der Waals surface area contributed by atoms with Crippen molar-refractivity contribution in [1.82, 2.24) is 14.8 Å². The lowest BCUT2D eigenvalue weighted by Crippen LogP contribution is -2.08. The molecule has 0 aliphatic carbocycles. The third-order valence-corrected chi connectivity index (χ3v) is 3.15. The number of pyridine rings is 1. The summed E-state index contributed by atoms with van der Waals surface area (Å²) in [5.41, 5.74) is 7.56. The number of hydrogen-bond acceptors (Lipinski definition) is 4. The van der Waals surface area contributed by atoms with Gasteiger partial charge in [-0.05, 0) is 17.5 Å². The monoisotopic (exact) mass is 283 g/mol. The van der Waals surface area contributed by atoms with Crippen LogP contribution < -0.4 is 11.1 Å². The van der Waals surface area contributed by atoms with E-state index in [4.69, 9.17) is 10.8 Å². The fraction of sp³-hybridized carbons (Fsp3) is 0.0714. The van der Waals surface area contributed by atoms with E-state index >= 15 is 0 Å². The molecule has 7 heteroatoms. The predicted molar refractivity (Wildman–Crippen MR) is 80.0 cm³/mol. The topological polar surface area (TPSA) is 106 Å².